The van der Waals surface area contributed by atoms with E-state index < -0.39 is 10.8 Å². The number of amides is 1. The highest BCUT2D eigenvalue weighted by molar-refractivity contribution is 7.83. The van der Waals surface area contributed by atoms with Crippen molar-refractivity contribution < 1.29 is 13.7 Å². The Kier molecular flexibility index (Phi) is 5.66. The number of rotatable bonds is 6. The molecule has 0 aliphatic rings. The summed E-state index contributed by atoms with van der Waals surface area (Å²) in [5.41, 5.74) is 2.34. The first kappa shape index (κ1) is 16.2. The zero-order valence-electron chi connectivity index (χ0n) is 12.5. The Morgan fingerprint density at radius 3 is 2.73 bits per heavy atom. The van der Waals surface area contributed by atoms with Crippen molar-refractivity contribution in [1.82, 2.24) is 10.3 Å². The molecule has 1 amide bonds. The average molecular weight is 318 g/mol. The van der Waals surface area contributed by atoms with Crippen LogP contribution < -0.4 is 10.1 Å². The van der Waals surface area contributed by atoms with Gasteiger partial charge in [0, 0.05) is 47.2 Å². The van der Waals surface area contributed by atoms with Crippen LogP contribution >= 0.6 is 0 Å². The van der Waals surface area contributed by atoms with Crippen LogP contribution in [0.5, 0.6) is 5.88 Å². The third-order valence-electron chi connectivity index (χ3n) is 3.02. The Bertz CT molecular complexity index is 671. The number of aromatic nitrogens is 1. The van der Waals surface area contributed by atoms with E-state index in [0.717, 1.165) is 11.1 Å². The number of nitrogens with zero attached hydrogens (tertiary/aromatic N) is 1. The molecule has 0 spiro atoms. The summed E-state index contributed by atoms with van der Waals surface area (Å²) in [5, 5.41) is 2.84. The first-order chi connectivity index (χ1) is 10.6. The van der Waals surface area contributed by atoms with E-state index >= 15 is 0 Å². The summed E-state index contributed by atoms with van der Waals surface area (Å²) in [6.45, 7) is 0.389. The minimum atomic E-state index is -0.927. The highest BCUT2D eigenvalue weighted by atomic mass is 32.2. The van der Waals surface area contributed by atoms with E-state index in [1.165, 1.54) is 0 Å². The predicted molar refractivity (Wildman–Crippen MR) is 86.2 cm³/mol. The molecule has 0 radical (unpaired) electrons. The summed E-state index contributed by atoms with van der Waals surface area (Å²) in [5.74, 6) is 0.818. The van der Waals surface area contributed by atoms with E-state index in [9.17, 15) is 9.00 Å². The molecule has 1 heterocycles. The standard InChI is InChI=1S/C16H18N2O3S/c1-21-15-7-6-13(9-17-15)10-18-16(19)14-5-3-4-12(8-14)11-22(2)20/h3-9H,10-11H2,1-2H3,(H,18,19)/t22-/m0/s1. The zero-order chi connectivity index (χ0) is 15.9. The normalized spacial score (nSPS) is 11.7. The van der Waals surface area contributed by atoms with Gasteiger partial charge in [0.15, 0.2) is 0 Å². The molecule has 0 aliphatic heterocycles. The Morgan fingerprint density at radius 1 is 1.27 bits per heavy atom. The van der Waals surface area contributed by atoms with Gasteiger partial charge in [-0.1, -0.05) is 18.2 Å². The third kappa shape index (κ3) is 4.66. The lowest BCUT2D eigenvalue weighted by Gasteiger charge is -2.07. The van der Waals surface area contributed by atoms with Gasteiger partial charge in [-0.15, -0.1) is 0 Å². The highest BCUT2D eigenvalue weighted by Crippen LogP contribution is 2.09. The van der Waals surface area contributed by atoms with Crippen molar-refractivity contribution in [3.8, 4) is 5.88 Å². The van der Waals surface area contributed by atoms with Gasteiger partial charge in [0.1, 0.15) is 0 Å². The molecule has 2 rings (SSSR count). The number of carbonyl (C=O) groups excluding carboxylic acids is 1. The highest BCUT2D eigenvalue weighted by Gasteiger charge is 2.07. The van der Waals surface area contributed by atoms with E-state index in [1.807, 2.05) is 12.1 Å². The van der Waals surface area contributed by atoms with E-state index in [4.69, 9.17) is 4.74 Å². The molecule has 5 nitrogen and oxygen atoms in total. The van der Waals surface area contributed by atoms with Gasteiger partial charge >= 0.3 is 0 Å². The number of hydrogen-bond acceptors (Lipinski definition) is 4. The molecule has 0 fully saturated rings. The number of nitrogens with one attached hydrogen (secondary N) is 1. The minimum absolute atomic E-state index is 0.167. The average Bonchev–Trinajstić information content (AvgIpc) is 2.52. The van der Waals surface area contributed by atoms with Gasteiger partial charge in [-0.3, -0.25) is 9.00 Å². The topological polar surface area (TPSA) is 68.3 Å². The lowest BCUT2D eigenvalue weighted by atomic mass is 10.1. The number of carbonyl (C=O) groups is 1. The summed E-state index contributed by atoms with van der Waals surface area (Å²) in [6.07, 6.45) is 3.30. The lowest BCUT2D eigenvalue weighted by Crippen LogP contribution is -2.23. The van der Waals surface area contributed by atoms with Crippen LogP contribution in [0.3, 0.4) is 0 Å². The molecule has 2 aromatic rings. The van der Waals surface area contributed by atoms with Crippen molar-refractivity contribution in [2.45, 2.75) is 12.3 Å². The fourth-order valence-corrected chi connectivity index (χ4v) is 2.61. The van der Waals surface area contributed by atoms with Crippen LogP contribution in [-0.2, 0) is 23.1 Å². The molecule has 0 bridgehead atoms. The maximum Gasteiger partial charge on any atom is 0.251 e. The van der Waals surface area contributed by atoms with Crippen LogP contribution in [0.15, 0.2) is 42.6 Å². The van der Waals surface area contributed by atoms with Crippen LogP contribution in [-0.4, -0.2) is 28.5 Å². The van der Waals surface area contributed by atoms with Gasteiger partial charge in [0.2, 0.25) is 5.88 Å². The SMILES string of the molecule is COc1ccc(CNC(=O)c2cccc(C[S@](C)=O)c2)cn1. The molecular weight excluding hydrogens is 300 g/mol. The Hall–Kier alpha value is -2.21. The fourth-order valence-electron chi connectivity index (χ4n) is 1.96. The van der Waals surface area contributed by atoms with E-state index in [-0.39, 0.29) is 5.91 Å². The molecule has 0 saturated heterocycles. The number of ether oxygens (including phenoxy) is 1. The molecule has 1 atom stereocenters. The Morgan fingerprint density at radius 2 is 2.09 bits per heavy atom. The first-order valence-electron chi connectivity index (χ1n) is 6.74. The minimum Gasteiger partial charge on any atom is -0.481 e. The summed E-state index contributed by atoms with van der Waals surface area (Å²) in [6, 6.07) is 10.8. The maximum absolute atomic E-state index is 12.1. The second-order valence-electron chi connectivity index (χ2n) is 4.81. The summed E-state index contributed by atoms with van der Waals surface area (Å²) in [4.78, 5) is 16.2. The van der Waals surface area contributed by atoms with Crippen molar-refractivity contribution >= 4 is 16.7 Å². The molecule has 116 valence electrons. The molecule has 6 heteroatoms. The fraction of sp³-hybridized carbons (Fsp3) is 0.250. The van der Waals surface area contributed by atoms with Gasteiger partial charge in [-0.25, -0.2) is 4.98 Å². The number of pyridine rings is 1. The van der Waals surface area contributed by atoms with Gasteiger partial charge in [-0.05, 0) is 23.3 Å². The van der Waals surface area contributed by atoms with Crippen molar-refractivity contribution in [2.24, 2.45) is 0 Å². The van der Waals surface area contributed by atoms with E-state index in [0.29, 0.717) is 23.7 Å². The molecule has 22 heavy (non-hydrogen) atoms. The molecule has 0 unspecified atom stereocenters. The summed E-state index contributed by atoms with van der Waals surface area (Å²) >= 11 is 0. The Balaban J connectivity index is 1.97. The van der Waals surface area contributed by atoms with Crippen LogP contribution in [0.4, 0.5) is 0 Å². The van der Waals surface area contributed by atoms with E-state index in [1.54, 1.807) is 43.8 Å². The molecule has 1 N–H and O–H groups in total. The third-order valence-corrected chi connectivity index (χ3v) is 3.76. The molecule has 1 aromatic carbocycles. The maximum atomic E-state index is 12.1. The van der Waals surface area contributed by atoms with Gasteiger partial charge in [-0.2, -0.15) is 0 Å². The molecule has 0 aliphatic carbocycles. The summed E-state index contributed by atoms with van der Waals surface area (Å²) in [7, 11) is 0.629. The monoisotopic (exact) mass is 318 g/mol. The molecule has 1 aromatic heterocycles. The van der Waals surface area contributed by atoms with Gasteiger partial charge in [0.05, 0.1) is 7.11 Å². The van der Waals surface area contributed by atoms with Crippen molar-refractivity contribution in [3.05, 3.63) is 59.3 Å². The van der Waals surface area contributed by atoms with Crippen molar-refractivity contribution in [2.75, 3.05) is 13.4 Å². The number of hydrogen-bond donors (Lipinski definition) is 1. The van der Waals surface area contributed by atoms with Gasteiger partial charge < -0.3 is 10.1 Å². The lowest BCUT2D eigenvalue weighted by molar-refractivity contribution is 0.0951. The second kappa shape index (κ2) is 7.70. The van der Waals surface area contributed by atoms with Crippen LogP contribution in [0.1, 0.15) is 21.5 Å². The molecular formula is C16H18N2O3S. The predicted octanol–water partition coefficient (Wildman–Crippen LogP) is 1.90. The van der Waals surface area contributed by atoms with Crippen LogP contribution in [0.25, 0.3) is 0 Å². The van der Waals surface area contributed by atoms with E-state index in [2.05, 4.69) is 10.3 Å². The van der Waals surface area contributed by atoms with Crippen LogP contribution in [0.2, 0.25) is 0 Å². The second-order valence-corrected chi connectivity index (χ2v) is 6.24. The smallest absolute Gasteiger partial charge is 0.251 e. The summed E-state index contributed by atoms with van der Waals surface area (Å²) < 4.78 is 16.2. The number of methoxy groups -OCH3 is 1. The zero-order valence-corrected chi connectivity index (χ0v) is 13.4. The number of benzene rings is 1. The first-order valence-corrected chi connectivity index (χ1v) is 8.47. The van der Waals surface area contributed by atoms with Crippen molar-refractivity contribution in [3.63, 3.8) is 0 Å². The van der Waals surface area contributed by atoms with Gasteiger partial charge in [0.25, 0.3) is 5.91 Å². The quantitative estimate of drug-likeness (QED) is 0.883. The van der Waals surface area contributed by atoms with Crippen molar-refractivity contribution in [1.29, 1.82) is 0 Å². The van der Waals surface area contributed by atoms with Crippen LogP contribution in [0, 0.1) is 0 Å². The molecule has 0 saturated carbocycles. The Labute approximate surface area is 132 Å². The largest absolute Gasteiger partial charge is 0.481 e.